The molecule has 0 aliphatic rings. The minimum absolute atomic E-state index is 0.313. The van der Waals surface area contributed by atoms with Gasteiger partial charge >= 0.3 is 0 Å². The van der Waals surface area contributed by atoms with E-state index in [1.54, 1.807) is 26.0 Å². The van der Waals surface area contributed by atoms with Crippen molar-refractivity contribution in [3.63, 3.8) is 0 Å². The third-order valence-electron chi connectivity index (χ3n) is 3.26. The van der Waals surface area contributed by atoms with Crippen molar-refractivity contribution in [1.29, 1.82) is 21.0 Å². The van der Waals surface area contributed by atoms with E-state index < -0.39 is 0 Å². The van der Waals surface area contributed by atoms with Crippen molar-refractivity contribution in [3.05, 3.63) is 45.5 Å². The van der Waals surface area contributed by atoms with E-state index in [9.17, 15) is 21.0 Å². The summed E-state index contributed by atoms with van der Waals surface area (Å²) < 4.78 is 0. The Balaban J connectivity index is 0.00000123. The Morgan fingerprint density at radius 2 is 0.875 bits per heavy atom. The number of fused-ring (bicyclic) bond motifs is 1. The topological polar surface area (TPSA) is 95.2 Å². The average molecular weight is 316 g/mol. The number of hydrogen-bond donors (Lipinski definition) is 0. The summed E-state index contributed by atoms with van der Waals surface area (Å²) in [6.07, 6.45) is 0. The Morgan fingerprint density at radius 1 is 0.583 bits per heavy atom. The van der Waals surface area contributed by atoms with Crippen molar-refractivity contribution in [2.24, 2.45) is 0 Å². The summed E-state index contributed by atoms with van der Waals surface area (Å²) in [6, 6.07) is 11.4. The number of rotatable bonds is 0. The molecule has 0 unspecified atom stereocenters. The van der Waals surface area contributed by atoms with Crippen molar-refractivity contribution in [3.8, 4) is 24.3 Å². The average Bonchev–Trinajstić information content (AvgIpc) is 2.64. The van der Waals surface area contributed by atoms with E-state index >= 15 is 0 Å². The lowest BCUT2D eigenvalue weighted by molar-refractivity contribution is 1.36. The lowest BCUT2D eigenvalue weighted by atomic mass is 9.88. The number of benzene rings is 2. The van der Waals surface area contributed by atoms with Gasteiger partial charge in [0.25, 0.3) is 0 Å². The quantitative estimate of drug-likeness (QED) is 0.683. The third-order valence-corrected chi connectivity index (χ3v) is 3.26. The summed E-state index contributed by atoms with van der Waals surface area (Å²) in [4.78, 5) is 0. The molecule has 24 heavy (non-hydrogen) atoms. The smallest absolute Gasteiger partial charge is 0.100 e. The van der Waals surface area contributed by atoms with E-state index in [0.717, 1.165) is 0 Å². The first kappa shape index (κ1) is 20.7. The fraction of sp³-hybridized carbons (Fsp3) is 0.300. The van der Waals surface area contributed by atoms with Gasteiger partial charge in [0.15, 0.2) is 0 Å². The highest BCUT2D eigenvalue weighted by Gasteiger charge is 2.18. The Hall–Kier alpha value is -3.34. The van der Waals surface area contributed by atoms with Gasteiger partial charge in [0.1, 0.15) is 12.1 Å². The molecule has 4 nitrogen and oxygen atoms in total. The van der Waals surface area contributed by atoms with Gasteiger partial charge in [-0.1, -0.05) is 27.7 Å². The molecule has 0 fully saturated rings. The van der Waals surface area contributed by atoms with Crippen LogP contribution in [0.4, 0.5) is 0 Å². The zero-order valence-corrected chi connectivity index (χ0v) is 14.9. The highest BCUT2D eigenvalue weighted by atomic mass is 14.3. The molecule has 4 heteroatoms. The summed E-state index contributed by atoms with van der Waals surface area (Å²) in [7, 11) is 0. The van der Waals surface area contributed by atoms with Gasteiger partial charge in [-0.15, -0.1) is 0 Å². The molecule has 0 atom stereocenters. The molecule has 2 aromatic carbocycles. The van der Waals surface area contributed by atoms with Crippen LogP contribution in [0.3, 0.4) is 0 Å². The molecule has 0 bridgehead atoms. The van der Waals surface area contributed by atoms with Gasteiger partial charge in [-0.3, -0.25) is 0 Å². The number of hydrogen-bond acceptors (Lipinski definition) is 4. The van der Waals surface area contributed by atoms with Gasteiger partial charge in [0, 0.05) is 10.8 Å². The molecule has 0 aliphatic carbocycles. The summed E-state index contributed by atoms with van der Waals surface area (Å²) >= 11 is 0. The van der Waals surface area contributed by atoms with Crippen molar-refractivity contribution in [2.75, 3.05) is 0 Å². The number of nitriles is 4. The van der Waals surface area contributed by atoms with Crippen LogP contribution in [-0.4, -0.2) is 0 Å². The van der Waals surface area contributed by atoms with Gasteiger partial charge in [-0.05, 0) is 37.1 Å². The van der Waals surface area contributed by atoms with E-state index in [0.29, 0.717) is 44.2 Å². The van der Waals surface area contributed by atoms with Crippen molar-refractivity contribution < 1.29 is 0 Å². The minimum atomic E-state index is 0.313. The SMILES string of the molecule is CC.CC.Cc1cc(C#N)c2c(C#N)c(C)cc(C#N)c2c1C#N. The highest BCUT2D eigenvalue weighted by Crippen LogP contribution is 2.32. The van der Waals surface area contributed by atoms with Gasteiger partial charge in [-0.25, -0.2) is 0 Å². The molecule has 0 radical (unpaired) electrons. The normalized spacial score (nSPS) is 8.25. The maximum absolute atomic E-state index is 9.31. The lowest BCUT2D eigenvalue weighted by Gasteiger charge is -2.11. The zero-order chi connectivity index (χ0) is 18.9. The molecule has 2 aromatic rings. The maximum atomic E-state index is 9.31. The Labute approximate surface area is 143 Å². The molecule has 0 spiro atoms. The molecule has 0 heterocycles. The van der Waals surface area contributed by atoms with Crippen LogP contribution >= 0.6 is 0 Å². The van der Waals surface area contributed by atoms with E-state index in [-0.39, 0.29) is 0 Å². The van der Waals surface area contributed by atoms with Crippen LogP contribution in [0.2, 0.25) is 0 Å². The third kappa shape index (κ3) is 3.52. The molecule has 0 aromatic heterocycles. The summed E-state index contributed by atoms with van der Waals surface area (Å²) in [5.41, 5.74) is 2.56. The fourth-order valence-electron chi connectivity index (χ4n) is 2.37. The van der Waals surface area contributed by atoms with Crippen LogP contribution in [0.1, 0.15) is 61.1 Å². The second-order valence-electron chi connectivity index (χ2n) is 4.43. The molecule has 0 saturated carbocycles. The Kier molecular flexibility index (Phi) is 8.29. The molecule has 2 rings (SSSR count). The van der Waals surface area contributed by atoms with E-state index in [1.165, 1.54) is 0 Å². The predicted molar refractivity (Wildman–Crippen MR) is 95.0 cm³/mol. The van der Waals surface area contributed by atoms with Crippen molar-refractivity contribution in [1.82, 2.24) is 0 Å². The monoisotopic (exact) mass is 316 g/mol. The summed E-state index contributed by atoms with van der Waals surface area (Å²) in [5.74, 6) is 0. The van der Waals surface area contributed by atoms with Crippen LogP contribution < -0.4 is 0 Å². The lowest BCUT2D eigenvalue weighted by Crippen LogP contribution is -1.97. The highest BCUT2D eigenvalue weighted by molar-refractivity contribution is 6.01. The van der Waals surface area contributed by atoms with Crippen molar-refractivity contribution >= 4 is 10.8 Å². The fourth-order valence-corrected chi connectivity index (χ4v) is 2.37. The molecule has 0 saturated heterocycles. The number of aryl methyl sites for hydroxylation is 2. The van der Waals surface area contributed by atoms with Gasteiger partial charge in [0.2, 0.25) is 0 Å². The van der Waals surface area contributed by atoms with E-state index in [4.69, 9.17) is 0 Å². The van der Waals surface area contributed by atoms with Crippen LogP contribution in [-0.2, 0) is 0 Å². The van der Waals surface area contributed by atoms with Crippen LogP contribution in [0.25, 0.3) is 10.8 Å². The summed E-state index contributed by atoms with van der Waals surface area (Å²) in [5, 5.41) is 38.0. The first-order valence-electron chi connectivity index (χ1n) is 7.80. The first-order chi connectivity index (χ1) is 11.6. The minimum Gasteiger partial charge on any atom is -0.192 e. The van der Waals surface area contributed by atoms with Crippen LogP contribution in [0.5, 0.6) is 0 Å². The summed E-state index contributed by atoms with van der Waals surface area (Å²) in [6.45, 7) is 11.4. The molecule has 120 valence electrons. The number of nitrogens with zero attached hydrogens (tertiary/aromatic N) is 4. The second kappa shape index (κ2) is 9.63. The second-order valence-corrected chi connectivity index (χ2v) is 4.43. The zero-order valence-electron chi connectivity index (χ0n) is 14.9. The Morgan fingerprint density at radius 3 is 1.08 bits per heavy atom. The standard InChI is InChI=1S/C16H8N4.2C2H6/c1-9-3-11(5-17)16-14(8-20)10(2)4-12(6-18)15(16)13(9)7-19;2*1-2/h3-4H,1-2H3;2*1-2H3. The van der Waals surface area contributed by atoms with E-state index in [2.05, 4.69) is 12.1 Å². The maximum Gasteiger partial charge on any atom is 0.100 e. The van der Waals surface area contributed by atoms with Gasteiger partial charge in [0.05, 0.1) is 34.4 Å². The largest absolute Gasteiger partial charge is 0.192 e. The van der Waals surface area contributed by atoms with Crippen LogP contribution in [0.15, 0.2) is 12.1 Å². The molecular formula is C20H20N4. The van der Waals surface area contributed by atoms with E-state index in [1.807, 2.05) is 39.8 Å². The molecular weight excluding hydrogens is 296 g/mol. The molecule has 0 amide bonds. The van der Waals surface area contributed by atoms with Gasteiger partial charge in [-0.2, -0.15) is 21.0 Å². The Bertz CT molecular complexity index is 833. The van der Waals surface area contributed by atoms with Gasteiger partial charge < -0.3 is 0 Å². The first-order valence-corrected chi connectivity index (χ1v) is 7.80. The van der Waals surface area contributed by atoms with Crippen molar-refractivity contribution in [2.45, 2.75) is 41.5 Å². The molecule has 0 N–H and O–H groups in total. The molecule has 0 aliphatic heterocycles. The predicted octanol–water partition coefficient (Wildman–Crippen LogP) is 5.00. The van der Waals surface area contributed by atoms with Crippen LogP contribution in [0, 0.1) is 59.2 Å².